The van der Waals surface area contributed by atoms with E-state index in [2.05, 4.69) is 15.9 Å². The van der Waals surface area contributed by atoms with E-state index in [1.807, 2.05) is 26.0 Å². The molecule has 1 saturated heterocycles. The van der Waals surface area contributed by atoms with Gasteiger partial charge in [0.25, 0.3) is 0 Å². The van der Waals surface area contributed by atoms with E-state index in [-0.39, 0.29) is 5.91 Å². The molecule has 2 rings (SSSR count). The Bertz CT molecular complexity index is 430. The first-order valence-corrected chi connectivity index (χ1v) is 7.25. The zero-order valence-corrected chi connectivity index (χ0v) is 12.3. The predicted molar refractivity (Wildman–Crippen MR) is 72.1 cm³/mol. The van der Waals surface area contributed by atoms with E-state index in [9.17, 15) is 9.90 Å². The normalized spacial score (nSPS) is 23.1. The van der Waals surface area contributed by atoms with Crippen LogP contribution in [0.2, 0.25) is 0 Å². The van der Waals surface area contributed by atoms with Crippen molar-refractivity contribution in [1.82, 2.24) is 4.90 Å². The molecule has 1 aromatic heterocycles. The first-order chi connectivity index (χ1) is 7.91. The lowest BCUT2D eigenvalue weighted by molar-refractivity contribution is -0.135. The number of aliphatic hydroxyl groups is 1. The maximum absolute atomic E-state index is 12.2. The minimum atomic E-state index is -0.439. The third-order valence-corrected chi connectivity index (χ3v) is 5.02. The molecular weight excluding hydrogens is 302 g/mol. The molecule has 5 heteroatoms. The number of carbonyl (C=O) groups is 1. The van der Waals surface area contributed by atoms with E-state index >= 15 is 0 Å². The zero-order chi connectivity index (χ0) is 12.6. The average Bonchev–Trinajstić information content (AvgIpc) is 2.73. The van der Waals surface area contributed by atoms with Crippen molar-refractivity contribution in [2.24, 2.45) is 0 Å². The lowest BCUT2D eigenvalue weighted by Crippen LogP contribution is -2.48. The number of carbonyl (C=O) groups excluding carboxylic acids is 1. The van der Waals surface area contributed by atoms with Crippen LogP contribution < -0.4 is 0 Å². The summed E-state index contributed by atoms with van der Waals surface area (Å²) in [6.07, 6.45) is 0.681. The molecule has 1 atom stereocenters. The first-order valence-electron chi connectivity index (χ1n) is 5.64. The van der Waals surface area contributed by atoms with Crippen LogP contribution in [0.5, 0.6) is 0 Å². The van der Waals surface area contributed by atoms with Crippen molar-refractivity contribution >= 4 is 33.2 Å². The molecule has 0 radical (unpaired) electrons. The summed E-state index contributed by atoms with van der Waals surface area (Å²) in [5.41, 5.74) is -0.439. The summed E-state index contributed by atoms with van der Waals surface area (Å²) in [5.74, 6) is 0.0981. The molecule has 1 unspecified atom stereocenters. The second kappa shape index (κ2) is 4.71. The van der Waals surface area contributed by atoms with Crippen LogP contribution in [0.4, 0.5) is 0 Å². The fourth-order valence-corrected chi connectivity index (χ4v) is 3.68. The van der Waals surface area contributed by atoms with Crippen LogP contribution in [-0.4, -0.2) is 34.1 Å². The molecule has 1 aliphatic rings. The van der Waals surface area contributed by atoms with Gasteiger partial charge < -0.3 is 10.0 Å². The van der Waals surface area contributed by atoms with Gasteiger partial charge in [0.2, 0.25) is 5.91 Å². The van der Waals surface area contributed by atoms with Crippen molar-refractivity contribution in [3.8, 4) is 0 Å². The second-order valence-corrected chi connectivity index (χ2v) is 7.43. The van der Waals surface area contributed by atoms with Gasteiger partial charge >= 0.3 is 0 Å². The zero-order valence-electron chi connectivity index (χ0n) is 9.94. The number of hydrogen-bond acceptors (Lipinski definition) is 3. The number of halogens is 1. The first kappa shape index (κ1) is 13.1. The van der Waals surface area contributed by atoms with Crippen molar-refractivity contribution < 1.29 is 9.90 Å². The minimum absolute atomic E-state index is 0.0981. The maximum atomic E-state index is 12.2. The molecule has 94 valence electrons. The highest BCUT2D eigenvalue weighted by molar-refractivity contribution is 9.11. The Labute approximate surface area is 114 Å². The minimum Gasteiger partial charge on any atom is -0.391 e. The van der Waals surface area contributed by atoms with Crippen molar-refractivity contribution in [3.05, 3.63) is 20.8 Å². The fourth-order valence-electron chi connectivity index (χ4n) is 2.21. The average molecular weight is 318 g/mol. The number of nitrogens with zero attached hydrogens (tertiary/aromatic N) is 1. The smallest absolute Gasteiger partial charge is 0.228 e. The lowest BCUT2D eigenvalue weighted by atomic mass is 9.98. The van der Waals surface area contributed by atoms with Crippen molar-refractivity contribution in [1.29, 1.82) is 0 Å². The molecule has 17 heavy (non-hydrogen) atoms. The monoisotopic (exact) mass is 317 g/mol. The third kappa shape index (κ3) is 2.56. The summed E-state index contributed by atoms with van der Waals surface area (Å²) in [6.45, 7) is 4.50. The van der Waals surface area contributed by atoms with Gasteiger partial charge in [0, 0.05) is 11.4 Å². The Balaban J connectivity index is 2.06. The number of hydrogen-bond donors (Lipinski definition) is 1. The van der Waals surface area contributed by atoms with E-state index in [4.69, 9.17) is 0 Å². The van der Waals surface area contributed by atoms with Gasteiger partial charge in [0.05, 0.1) is 21.9 Å². The van der Waals surface area contributed by atoms with Crippen molar-refractivity contribution in [3.63, 3.8) is 0 Å². The second-order valence-electron chi connectivity index (χ2n) is 4.89. The summed E-state index contributed by atoms with van der Waals surface area (Å²) in [5, 5.41) is 9.85. The quantitative estimate of drug-likeness (QED) is 0.910. The summed E-state index contributed by atoms with van der Waals surface area (Å²) < 4.78 is 1.04. The molecular formula is C12H16BrNO2S. The van der Waals surface area contributed by atoms with E-state index in [0.717, 1.165) is 8.66 Å². The fraction of sp³-hybridized carbons (Fsp3) is 0.583. The highest BCUT2D eigenvalue weighted by atomic mass is 79.9. The van der Waals surface area contributed by atoms with Gasteiger partial charge in [-0.3, -0.25) is 4.79 Å². The molecule has 0 bridgehead atoms. The molecule has 0 aromatic carbocycles. The summed E-state index contributed by atoms with van der Waals surface area (Å²) in [6, 6.07) is 3.92. The highest BCUT2D eigenvalue weighted by Crippen LogP contribution is 2.30. The third-order valence-electron chi connectivity index (χ3n) is 3.39. The summed E-state index contributed by atoms with van der Waals surface area (Å²) in [7, 11) is 0. The Morgan fingerprint density at radius 1 is 1.65 bits per heavy atom. The number of aliphatic hydroxyl groups excluding tert-OH is 1. The number of amides is 1. The standard InChI is InChI=1S/C12H16BrNO2S/c1-12(2)9(15)5-6-14(12)11(16)7-8-3-4-10(13)17-8/h3-4,9,15H,5-7H2,1-2H3. The van der Waals surface area contributed by atoms with Gasteiger partial charge in [-0.15, -0.1) is 11.3 Å². The molecule has 2 heterocycles. The topological polar surface area (TPSA) is 40.5 Å². The van der Waals surface area contributed by atoms with E-state index in [1.54, 1.807) is 16.2 Å². The van der Waals surface area contributed by atoms with Gasteiger partial charge in [-0.05, 0) is 48.3 Å². The maximum Gasteiger partial charge on any atom is 0.228 e. The van der Waals surface area contributed by atoms with E-state index in [1.165, 1.54) is 0 Å². The molecule has 1 N–H and O–H groups in total. The van der Waals surface area contributed by atoms with Crippen LogP contribution in [-0.2, 0) is 11.2 Å². The Morgan fingerprint density at radius 2 is 2.35 bits per heavy atom. The van der Waals surface area contributed by atoms with Gasteiger partial charge in [0.1, 0.15) is 0 Å². The van der Waals surface area contributed by atoms with Gasteiger partial charge in [-0.25, -0.2) is 0 Å². The van der Waals surface area contributed by atoms with Crippen LogP contribution >= 0.6 is 27.3 Å². The van der Waals surface area contributed by atoms with Gasteiger partial charge in [0.15, 0.2) is 0 Å². The van der Waals surface area contributed by atoms with Gasteiger partial charge in [-0.2, -0.15) is 0 Å². The highest BCUT2D eigenvalue weighted by Gasteiger charge is 2.42. The Hall–Kier alpha value is -0.390. The molecule has 1 fully saturated rings. The largest absolute Gasteiger partial charge is 0.391 e. The number of thiophene rings is 1. The van der Waals surface area contributed by atoms with Gasteiger partial charge in [-0.1, -0.05) is 0 Å². The SMILES string of the molecule is CC1(C)C(O)CCN1C(=O)Cc1ccc(Br)s1. The van der Waals surface area contributed by atoms with E-state index < -0.39 is 11.6 Å². The van der Waals surface area contributed by atoms with Crippen molar-refractivity contribution in [2.45, 2.75) is 38.3 Å². The molecule has 0 spiro atoms. The van der Waals surface area contributed by atoms with Crippen molar-refractivity contribution in [2.75, 3.05) is 6.54 Å². The number of rotatable bonds is 2. The molecule has 1 aliphatic heterocycles. The van der Waals surface area contributed by atoms with E-state index in [0.29, 0.717) is 19.4 Å². The van der Waals surface area contributed by atoms with Crippen LogP contribution in [0.15, 0.2) is 15.9 Å². The van der Waals surface area contributed by atoms with Crippen LogP contribution in [0, 0.1) is 0 Å². The predicted octanol–water partition coefficient (Wildman–Crippen LogP) is 2.42. The molecule has 0 saturated carbocycles. The lowest BCUT2D eigenvalue weighted by Gasteiger charge is -2.33. The molecule has 1 aromatic rings. The Morgan fingerprint density at radius 3 is 2.82 bits per heavy atom. The molecule has 1 amide bonds. The van der Waals surface area contributed by atoms with Crippen LogP contribution in [0.1, 0.15) is 25.1 Å². The molecule has 0 aliphatic carbocycles. The number of likely N-dealkylation sites (tertiary alicyclic amines) is 1. The Kier molecular flexibility index (Phi) is 3.61. The molecule has 3 nitrogen and oxygen atoms in total. The van der Waals surface area contributed by atoms with Crippen LogP contribution in [0.25, 0.3) is 0 Å². The summed E-state index contributed by atoms with van der Waals surface area (Å²) in [4.78, 5) is 15.0. The van der Waals surface area contributed by atoms with Crippen LogP contribution in [0.3, 0.4) is 0 Å². The summed E-state index contributed by atoms with van der Waals surface area (Å²) >= 11 is 4.97.